The van der Waals surface area contributed by atoms with Crippen LogP contribution in [0.25, 0.3) is 0 Å². The number of anilines is 2. The van der Waals surface area contributed by atoms with E-state index in [0.29, 0.717) is 22.5 Å². The van der Waals surface area contributed by atoms with Crippen molar-refractivity contribution < 1.29 is 9.59 Å². The molecule has 0 bridgehead atoms. The summed E-state index contributed by atoms with van der Waals surface area (Å²) in [7, 11) is 1.53. The number of hydrogen-bond donors (Lipinski definition) is 3. The van der Waals surface area contributed by atoms with E-state index in [9.17, 15) is 9.59 Å². The Morgan fingerprint density at radius 3 is 2.23 bits per heavy atom. The van der Waals surface area contributed by atoms with Crippen molar-refractivity contribution in [2.75, 3.05) is 17.7 Å². The molecular weight excluding hydrogens is 280 g/mol. The highest BCUT2D eigenvalue weighted by atomic mass is 16.2. The van der Waals surface area contributed by atoms with Crippen LogP contribution in [-0.2, 0) is 0 Å². The molecule has 6 nitrogen and oxygen atoms in total. The summed E-state index contributed by atoms with van der Waals surface area (Å²) < 4.78 is 0. The highest BCUT2D eigenvalue weighted by Crippen LogP contribution is 2.15. The van der Waals surface area contributed by atoms with Crippen molar-refractivity contribution >= 4 is 23.3 Å². The average Bonchev–Trinajstić information content (AvgIpc) is 2.56. The Morgan fingerprint density at radius 2 is 1.64 bits per heavy atom. The van der Waals surface area contributed by atoms with Gasteiger partial charge in [-0.1, -0.05) is 6.07 Å². The predicted octanol–water partition coefficient (Wildman–Crippen LogP) is 2.56. The summed E-state index contributed by atoms with van der Waals surface area (Å²) in [5.41, 5.74) is 2.04. The molecule has 0 aliphatic carbocycles. The number of benzene rings is 2. The van der Waals surface area contributed by atoms with E-state index in [0.717, 1.165) is 0 Å². The van der Waals surface area contributed by atoms with Crippen molar-refractivity contribution in [1.82, 2.24) is 5.32 Å². The smallest absolute Gasteiger partial charge is 0.318 e. The largest absolute Gasteiger partial charge is 0.341 e. The fourth-order valence-corrected chi connectivity index (χ4v) is 1.76. The Morgan fingerprint density at radius 1 is 1.00 bits per heavy atom. The van der Waals surface area contributed by atoms with Crippen LogP contribution in [0.15, 0.2) is 48.5 Å². The average molecular weight is 294 g/mol. The second kappa shape index (κ2) is 6.90. The molecule has 2 rings (SSSR count). The third-order valence-corrected chi connectivity index (χ3v) is 2.88. The zero-order valence-corrected chi connectivity index (χ0v) is 11.9. The van der Waals surface area contributed by atoms with Gasteiger partial charge in [0, 0.05) is 24.0 Å². The summed E-state index contributed by atoms with van der Waals surface area (Å²) in [6.07, 6.45) is 0. The number of nitrogens with one attached hydrogen (secondary N) is 3. The van der Waals surface area contributed by atoms with Gasteiger partial charge in [-0.15, -0.1) is 0 Å². The molecule has 110 valence electrons. The first-order chi connectivity index (χ1) is 10.6. The number of nitrogens with zero attached hydrogens (tertiary/aromatic N) is 1. The predicted molar refractivity (Wildman–Crippen MR) is 83.6 cm³/mol. The molecular formula is C16H14N4O2. The molecule has 2 aromatic carbocycles. The maximum absolute atomic E-state index is 12.1. The number of hydrogen-bond acceptors (Lipinski definition) is 3. The molecule has 0 aromatic heterocycles. The number of carbonyl (C=O) groups is 2. The van der Waals surface area contributed by atoms with Crippen molar-refractivity contribution in [2.45, 2.75) is 0 Å². The first-order valence-electron chi connectivity index (χ1n) is 6.52. The first kappa shape index (κ1) is 15.1. The molecule has 3 N–H and O–H groups in total. The van der Waals surface area contributed by atoms with Crippen LogP contribution in [0.2, 0.25) is 0 Å². The lowest BCUT2D eigenvalue weighted by Gasteiger charge is -2.08. The normalized spacial score (nSPS) is 9.45. The molecule has 0 unspecified atom stereocenters. The summed E-state index contributed by atoms with van der Waals surface area (Å²) in [5.74, 6) is -0.302. The molecule has 0 saturated carbocycles. The SMILES string of the molecule is CNC(=O)Nc1ccc(NC(=O)c2cccc(C#N)c2)cc1. The first-order valence-corrected chi connectivity index (χ1v) is 6.52. The topological polar surface area (TPSA) is 94.0 Å². The number of carbonyl (C=O) groups excluding carboxylic acids is 2. The van der Waals surface area contributed by atoms with Gasteiger partial charge in [0.1, 0.15) is 0 Å². The summed E-state index contributed by atoms with van der Waals surface area (Å²) >= 11 is 0. The van der Waals surface area contributed by atoms with Gasteiger partial charge in [-0.05, 0) is 42.5 Å². The minimum absolute atomic E-state index is 0.302. The molecule has 0 heterocycles. The Balaban J connectivity index is 2.05. The Bertz CT molecular complexity index is 733. The fourth-order valence-electron chi connectivity index (χ4n) is 1.76. The standard InChI is InChI=1S/C16H14N4O2/c1-18-16(22)20-14-7-5-13(6-8-14)19-15(21)12-4-2-3-11(9-12)10-17/h2-9H,1H3,(H,19,21)(H2,18,20,22). The van der Waals surface area contributed by atoms with Crippen molar-refractivity contribution in [3.63, 3.8) is 0 Å². The Labute approximate surface area is 127 Å². The fraction of sp³-hybridized carbons (Fsp3) is 0.0625. The lowest BCUT2D eigenvalue weighted by atomic mass is 10.1. The maximum atomic E-state index is 12.1. The highest BCUT2D eigenvalue weighted by Gasteiger charge is 2.07. The number of amides is 3. The van der Waals surface area contributed by atoms with Crippen molar-refractivity contribution in [1.29, 1.82) is 5.26 Å². The molecule has 0 aliphatic rings. The maximum Gasteiger partial charge on any atom is 0.318 e. The van der Waals surface area contributed by atoms with Gasteiger partial charge in [-0.3, -0.25) is 4.79 Å². The third-order valence-electron chi connectivity index (χ3n) is 2.88. The molecule has 0 spiro atoms. The molecule has 0 saturated heterocycles. The van der Waals surface area contributed by atoms with Gasteiger partial charge in [0.05, 0.1) is 11.6 Å². The zero-order valence-electron chi connectivity index (χ0n) is 11.9. The molecule has 0 atom stereocenters. The molecule has 2 aromatic rings. The lowest BCUT2D eigenvalue weighted by molar-refractivity contribution is 0.102. The van der Waals surface area contributed by atoms with E-state index in [1.54, 1.807) is 42.5 Å². The summed E-state index contributed by atoms with van der Waals surface area (Å²) in [4.78, 5) is 23.3. The zero-order chi connectivity index (χ0) is 15.9. The molecule has 3 amide bonds. The molecule has 0 fully saturated rings. The number of nitriles is 1. The molecule has 0 aliphatic heterocycles. The quantitative estimate of drug-likeness (QED) is 0.812. The van der Waals surface area contributed by atoms with E-state index in [-0.39, 0.29) is 11.9 Å². The van der Waals surface area contributed by atoms with Gasteiger partial charge in [-0.25, -0.2) is 4.79 Å². The molecule has 22 heavy (non-hydrogen) atoms. The monoisotopic (exact) mass is 294 g/mol. The van der Waals surface area contributed by atoms with E-state index in [2.05, 4.69) is 16.0 Å². The van der Waals surface area contributed by atoms with Crippen LogP contribution in [0.4, 0.5) is 16.2 Å². The van der Waals surface area contributed by atoms with Crippen LogP contribution in [0.5, 0.6) is 0 Å². The van der Waals surface area contributed by atoms with Gasteiger partial charge in [0.25, 0.3) is 5.91 Å². The van der Waals surface area contributed by atoms with Crippen LogP contribution in [0.3, 0.4) is 0 Å². The van der Waals surface area contributed by atoms with E-state index in [4.69, 9.17) is 5.26 Å². The second-order valence-corrected chi connectivity index (χ2v) is 4.43. The summed E-state index contributed by atoms with van der Waals surface area (Å²) in [6, 6.07) is 14.8. The van der Waals surface area contributed by atoms with Crippen LogP contribution in [0.1, 0.15) is 15.9 Å². The van der Waals surface area contributed by atoms with Gasteiger partial charge in [0.2, 0.25) is 0 Å². The highest BCUT2D eigenvalue weighted by molar-refractivity contribution is 6.04. The summed E-state index contributed by atoms with van der Waals surface area (Å²) in [5, 5.41) is 16.6. The van der Waals surface area contributed by atoms with E-state index < -0.39 is 0 Å². The lowest BCUT2D eigenvalue weighted by Crippen LogP contribution is -2.24. The van der Waals surface area contributed by atoms with E-state index in [1.165, 1.54) is 13.1 Å². The third kappa shape index (κ3) is 3.84. The Hall–Kier alpha value is -3.33. The van der Waals surface area contributed by atoms with Gasteiger partial charge < -0.3 is 16.0 Å². The van der Waals surface area contributed by atoms with E-state index in [1.807, 2.05) is 6.07 Å². The van der Waals surface area contributed by atoms with Gasteiger partial charge in [0.15, 0.2) is 0 Å². The second-order valence-electron chi connectivity index (χ2n) is 4.43. The van der Waals surface area contributed by atoms with Crippen molar-refractivity contribution in [3.8, 4) is 6.07 Å². The number of urea groups is 1. The Kier molecular flexibility index (Phi) is 4.73. The van der Waals surface area contributed by atoms with E-state index >= 15 is 0 Å². The minimum atomic E-state index is -0.315. The van der Waals surface area contributed by atoms with Crippen LogP contribution >= 0.6 is 0 Å². The minimum Gasteiger partial charge on any atom is -0.341 e. The van der Waals surface area contributed by atoms with Crippen LogP contribution in [0, 0.1) is 11.3 Å². The summed E-state index contributed by atoms with van der Waals surface area (Å²) in [6.45, 7) is 0. The van der Waals surface area contributed by atoms with Crippen LogP contribution in [-0.4, -0.2) is 19.0 Å². The van der Waals surface area contributed by atoms with Gasteiger partial charge >= 0.3 is 6.03 Å². The molecule has 0 radical (unpaired) electrons. The number of rotatable bonds is 3. The van der Waals surface area contributed by atoms with Gasteiger partial charge in [-0.2, -0.15) is 5.26 Å². The molecule has 6 heteroatoms. The van der Waals surface area contributed by atoms with Crippen molar-refractivity contribution in [2.24, 2.45) is 0 Å². The van der Waals surface area contributed by atoms with Crippen LogP contribution < -0.4 is 16.0 Å². The van der Waals surface area contributed by atoms with Crippen molar-refractivity contribution in [3.05, 3.63) is 59.7 Å².